The summed E-state index contributed by atoms with van der Waals surface area (Å²) in [5, 5.41) is 0. The van der Waals surface area contributed by atoms with Crippen LogP contribution in [0.25, 0.3) is 0 Å². The first-order valence-electron chi connectivity index (χ1n) is 4.99. The zero-order chi connectivity index (χ0) is 14.7. The summed E-state index contributed by atoms with van der Waals surface area (Å²) in [6.07, 6.45) is -9.53. The number of alkyl halides is 7. The Hall–Kier alpha value is -1.35. The third-order valence-corrected chi connectivity index (χ3v) is 2.23. The Morgan fingerprint density at radius 1 is 0.895 bits per heavy atom. The van der Waals surface area contributed by atoms with Gasteiger partial charge in [0.2, 0.25) is 0 Å². The largest absolute Gasteiger partial charge is 0.416 e. The Balaban J connectivity index is 3.30. The van der Waals surface area contributed by atoms with Crippen LogP contribution in [0.5, 0.6) is 0 Å². The summed E-state index contributed by atoms with van der Waals surface area (Å²) in [6, 6.07) is 1.22. The number of benzene rings is 1. The third kappa shape index (κ3) is 4.67. The molecule has 0 atom stereocenters. The predicted octanol–water partition coefficient (Wildman–Crippen LogP) is 4.70. The highest BCUT2D eigenvalue weighted by atomic mass is 35.5. The Morgan fingerprint density at radius 3 is 1.74 bits per heavy atom. The van der Waals surface area contributed by atoms with Crippen molar-refractivity contribution in [1.82, 2.24) is 0 Å². The molecule has 7 heteroatoms. The van der Waals surface area contributed by atoms with Gasteiger partial charge in [0.25, 0.3) is 0 Å². The summed E-state index contributed by atoms with van der Waals surface area (Å²) >= 11 is 5.31. The molecule has 0 unspecified atom stereocenters. The first-order valence-corrected chi connectivity index (χ1v) is 5.52. The van der Waals surface area contributed by atoms with Crippen LogP contribution < -0.4 is 0 Å². The van der Waals surface area contributed by atoms with E-state index in [4.69, 9.17) is 11.6 Å². The van der Waals surface area contributed by atoms with E-state index in [1.165, 1.54) is 0 Å². The van der Waals surface area contributed by atoms with Crippen LogP contribution in [0.3, 0.4) is 0 Å². The normalized spacial score (nSPS) is 11.9. The molecule has 0 saturated heterocycles. The van der Waals surface area contributed by atoms with Crippen molar-refractivity contribution in [3.8, 4) is 11.8 Å². The molecule has 0 amide bonds. The van der Waals surface area contributed by atoms with Crippen molar-refractivity contribution in [1.29, 1.82) is 0 Å². The van der Waals surface area contributed by atoms with E-state index in [-0.39, 0.29) is 23.9 Å². The minimum Gasteiger partial charge on any atom is -0.166 e. The zero-order valence-electron chi connectivity index (χ0n) is 9.29. The molecule has 1 aromatic carbocycles. The van der Waals surface area contributed by atoms with Gasteiger partial charge in [-0.3, -0.25) is 0 Å². The van der Waals surface area contributed by atoms with Gasteiger partial charge in [-0.05, 0) is 18.2 Å². The molecule has 0 saturated carbocycles. The molecule has 0 fully saturated rings. The molecule has 19 heavy (non-hydrogen) atoms. The van der Waals surface area contributed by atoms with Crippen LogP contribution in [0.2, 0.25) is 0 Å². The lowest BCUT2D eigenvalue weighted by Gasteiger charge is -2.12. The molecule has 1 aromatic rings. The molecule has 0 radical (unpaired) electrons. The van der Waals surface area contributed by atoms with Crippen LogP contribution in [-0.2, 0) is 12.4 Å². The molecule has 1 rings (SSSR count). The molecular weight excluding hydrogens is 294 g/mol. The summed E-state index contributed by atoms with van der Waals surface area (Å²) in [5.41, 5.74) is -3.10. The fraction of sp³-hybridized carbons (Fsp3) is 0.333. The number of hydrogen-bond donors (Lipinski definition) is 0. The highest BCUT2D eigenvalue weighted by Crippen LogP contribution is 2.36. The minimum absolute atomic E-state index is 0.0622. The Labute approximate surface area is 110 Å². The van der Waals surface area contributed by atoms with Crippen molar-refractivity contribution in [2.24, 2.45) is 0 Å². The molecule has 0 nitrogen and oxygen atoms in total. The van der Waals surface area contributed by atoms with E-state index in [0.717, 1.165) is 0 Å². The molecule has 0 heterocycles. The van der Waals surface area contributed by atoms with Crippen LogP contribution in [0.4, 0.5) is 26.3 Å². The highest BCUT2D eigenvalue weighted by Gasteiger charge is 2.36. The van der Waals surface area contributed by atoms with Gasteiger partial charge in [0.15, 0.2) is 0 Å². The Morgan fingerprint density at radius 2 is 1.37 bits per heavy atom. The zero-order valence-corrected chi connectivity index (χ0v) is 10.0. The summed E-state index contributed by atoms with van der Waals surface area (Å²) in [7, 11) is 0. The van der Waals surface area contributed by atoms with E-state index >= 15 is 0 Å². The second-order valence-electron chi connectivity index (χ2n) is 3.54. The maximum atomic E-state index is 12.5. The van der Waals surface area contributed by atoms with Crippen molar-refractivity contribution < 1.29 is 26.3 Å². The second-order valence-corrected chi connectivity index (χ2v) is 3.91. The Bertz CT molecular complexity index is 471. The van der Waals surface area contributed by atoms with Gasteiger partial charge in [-0.1, -0.05) is 11.8 Å². The van der Waals surface area contributed by atoms with Crippen molar-refractivity contribution in [3.05, 3.63) is 34.9 Å². The molecule has 0 spiro atoms. The average molecular weight is 301 g/mol. The highest BCUT2D eigenvalue weighted by molar-refractivity contribution is 6.18. The van der Waals surface area contributed by atoms with Crippen LogP contribution in [0, 0.1) is 11.8 Å². The van der Waals surface area contributed by atoms with Gasteiger partial charge in [0.1, 0.15) is 0 Å². The van der Waals surface area contributed by atoms with Crippen LogP contribution in [-0.4, -0.2) is 5.88 Å². The van der Waals surface area contributed by atoms with E-state index in [0.29, 0.717) is 12.1 Å². The van der Waals surface area contributed by atoms with Crippen molar-refractivity contribution >= 4 is 11.6 Å². The minimum atomic E-state index is -4.86. The van der Waals surface area contributed by atoms with Gasteiger partial charge in [0, 0.05) is 17.9 Å². The SMILES string of the molecule is FC(F)(F)c1cc(C#CCCCl)cc(C(F)(F)F)c1. The molecule has 0 aliphatic heterocycles. The second kappa shape index (κ2) is 5.74. The number of hydrogen-bond acceptors (Lipinski definition) is 0. The van der Waals surface area contributed by atoms with E-state index in [1.807, 2.05) is 0 Å². The van der Waals surface area contributed by atoms with E-state index < -0.39 is 23.5 Å². The van der Waals surface area contributed by atoms with Crippen molar-refractivity contribution in [2.45, 2.75) is 18.8 Å². The number of rotatable bonds is 1. The monoisotopic (exact) mass is 300 g/mol. The first kappa shape index (κ1) is 15.7. The van der Waals surface area contributed by atoms with Gasteiger partial charge in [-0.25, -0.2) is 0 Å². The third-order valence-electron chi connectivity index (χ3n) is 2.04. The van der Waals surface area contributed by atoms with Gasteiger partial charge >= 0.3 is 12.4 Å². The van der Waals surface area contributed by atoms with Gasteiger partial charge in [-0.15, -0.1) is 11.6 Å². The number of halogens is 7. The average Bonchev–Trinajstić information content (AvgIpc) is 2.27. The molecule has 104 valence electrons. The fourth-order valence-electron chi connectivity index (χ4n) is 1.24. The smallest absolute Gasteiger partial charge is 0.166 e. The maximum absolute atomic E-state index is 12.5. The van der Waals surface area contributed by atoms with Crippen LogP contribution >= 0.6 is 11.6 Å². The fourth-order valence-corrected chi connectivity index (χ4v) is 1.33. The Kier molecular flexibility index (Phi) is 4.75. The van der Waals surface area contributed by atoms with Gasteiger partial charge in [-0.2, -0.15) is 26.3 Å². The predicted molar refractivity (Wildman–Crippen MR) is 58.7 cm³/mol. The summed E-state index contributed by atoms with van der Waals surface area (Å²) in [5.74, 6) is 4.78. The molecular formula is C12H7ClF6. The van der Waals surface area contributed by atoms with Crippen molar-refractivity contribution in [2.75, 3.05) is 5.88 Å². The van der Waals surface area contributed by atoms with Gasteiger partial charge in [0.05, 0.1) is 11.1 Å². The summed E-state index contributed by atoms with van der Waals surface area (Å²) in [6.45, 7) is 0. The van der Waals surface area contributed by atoms with E-state index in [1.54, 1.807) is 0 Å². The maximum Gasteiger partial charge on any atom is 0.416 e. The lowest BCUT2D eigenvalue weighted by atomic mass is 10.0. The molecule has 0 aromatic heterocycles. The van der Waals surface area contributed by atoms with Crippen LogP contribution in [0.15, 0.2) is 18.2 Å². The van der Waals surface area contributed by atoms with Crippen molar-refractivity contribution in [3.63, 3.8) is 0 Å². The molecule has 0 aliphatic carbocycles. The topological polar surface area (TPSA) is 0 Å². The van der Waals surface area contributed by atoms with Gasteiger partial charge < -0.3 is 0 Å². The molecule has 0 bridgehead atoms. The summed E-state index contributed by atoms with van der Waals surface area (Å²) < 4.78 is 74.9. The van der Waals surface area contributed by atoms with E-state index in [2.05, 4.69) is 11.8 Å². The first-order chi connectivity index (χ1) is 8.64. The van der Waals surface area contributed by atoms with E-state index in [9.17, 15) is 26.3 Å². The quantitative estimate of drug-likeness (QED) is 0.400. The summed E-state index contributed by atoms with van der Waals surface area (Å²) in [4.78, 5) is 0. The lowest BCUT2D eigenvalue weighted by molar-refractivity contribution is -0.143. The molecule has 0 N–H and O–H groups in total. The standard InChI is InChI=1S/C12H7ClF6/c13-4-2-1-3-8-5-9(11(14,15)16)7-10(6-8)12(17,18)19/h5-7H,2,4H2. The van der Waals surface area contributed by atoms with Crippen LogP contribution in [0.1, 0.15) is 23.1 Å². The molecule has 0 aliphatic rings. The lowest BCUT2D eigenvalue weighted by Crippen LogP contribution is -2.11.